The maximum atomic E-state index is 10.4. The zero-order valence-electron chi connectivity index (χ0n) is 7.01. The van der Waals surface area contributed by atoms with Crippen LogP contribution in [0.3, 0.4) is 0 Å². The summed E-state index contributed by atoms with van der Waals surface area (Å²) >= 11 is 4.00. The van der Waals surface area contributed by atoms with Crippen molar-refractivity contribution in [2.45, 2.75) is 13.5 Å². The minimum absolute atomic E-state index is 0. The molecule has 0 unspecified atom stereocenters. The zero-order valence-corrected chi connectivity index (χ0v) is 10.2. The van der Waals surface area contributed by atoms with E-state index in [2.05, 4.69) is 17.6 Å². The molecule has 0 saturated carbocycles. The molecular formula is C6H10IN3O2S. The standard InChI is InChI=1S/C6H9N3O2S.HI/c1-5-7-4-6(9(10)11)8(5)2-3-12;/h4,12H,2-3H2,1H3;1H. The smallest absolute Gasteiger partial charge is 0.342 e. The van der Waals surface area contributed by atoms with Crippen molar-refractivity contribution in [2.75, 3.05) is 5.75 Å². The molecule has 0 atom stereocenters. The molecule has 0 aromatic carbocycles. The molecule has 0 aliphatic heterocycles. The van der Waals surface area contributed by atoms with Crippen molar-refractivity contribution in [3.05, 3.63) is 22.1 Å². The summed E-state index contributed by atoms with van der Waals surface area (Å²) in [5, 5.41) is 10.4. The minimum Gasteiger partial charge on any atom is -0.358 e. The molecule has 7 heteroatoms. The van der Waals surface area contributed by atoms with Gasteiger partial charge in [-0.1, -0.05) is 0 Å². The highest BCUT2D eigenvalue weighted by Gasteiger charge is 2.15. The summed E-state index contributed by atoms with van der Waals surface area (Å²) in [6.07, 6.45) is 1.26. The number of rotatable bonds is 3. The van der Waals surface area contributed by atoms with Crippen molar-refractivity contribution in [1.29, 1.82) is 0 Å². The van der Waals surface area contributed by atoms with Crippen LogP contribution in [0.25, 0.3) is 0 Å². The van der Waals surface area contributed by atoms with E-state index in [4.69, 9.17) is 0 Å². The Morgan fingerprint density at radius 2 is 2.38 bits per heavy atom. The van der Waals surface area contributed by atoms with Gasteiger partial charge in [0, 0.05) is 12.7 Å². The van der Waals surface area contributed by atoms with Crippen molar-refractivity contribution in [3.8, 4) is 0 Å². The summed E-state index contributed by atoms with van der Waals surface area (Å²) in [4.78, 5) is 13.8. The van der Waals surface area contributed by atoms with E-state index in [1.807, 2.05) is 0 Å². The van der Waals surface area contributed by atoms with Crippen LogP contribution in [0.15, 0.2) is 6.20 Å². The number of hydrogen-bond acceptors (Lipinski definition) is 4. The average Bonchev–Trinajstić information content (AvgIpc) is 2.34. The SMILES string of the molecule is Cc1ncc([N+](=O)[O-])n1CCS.I. The quantitative estimate of drug-likeness (QED) is 0.399. The average molecular weight is 315 g/mol. The van der Waals surface area contributed by atoms with Crippen LogP contribution in [0.4, 0.5) is 5.82 Å². The molecule has 74 valence electrons. The maximum absolute atomic E-state index is 10.4. The fraction of sp³-hybridized carbons (Fsp3) is 0.500. The van der Waals surface area contributed by atoms with Crippen LogP contribution in [0.5, 0.6) is 0 Å². The van der Waals surface area contributed by atoms with Crippen molar-refractivity contribution in [1.82, 2.24) is 9.55 Å². The Bertz CT molecular complexity index is 302. The predicted molar refractivity (Wildman–Crippen MR) is 62.9 cm³/mol. The van der Waals surface area contributed by atoms with Crippen LogP contribution in [-0.4, -0.2) is 20.2 Å². The van der Waals surface area contributed by atoms with E-state index < -0.39 is 4.92 Å². The van der Waals surface area contributed by atoms with E-state index >= 15 is 0 Å². The molecule has 0 amide bonds. The van der Waals surface area contributed by atoms with Crippen molar-refractivity contribution >= 4 is 42.4 Å². The van der Waals surface area contributed by atoms with Crippen LogP contribution in [0.1, 0.15) is 5.82 Å². The minimum atomic E-state index is -0.441. The molecule has 0 aliphatic carbocycles. The summed E-state index contributed by atoms with van der Waals surface area (Å²) in [6.45, 7) is 2.25. The molecule has 0 radical (unpaired) electrons. The molecule has 1 aromatic heterocycles. The number of imidazole rings is 1. The molecule has 0 bridgehead atoms. The van der Waals surface area contributed by atoms with Gasteiger partial charge in [0.05, 0.1) is 0 Å². The molecule has 0 fully saturated rings. The largest absolute Gasteiger partial charge is 0.358 e. The number of aryl methyl sites for hydroxylation is 1. The molecule has 1 heterocycles. The molecule has 0 aliphatic rings. The molecule has 1 rings (SSSR count). The highest BCUT2D eigenvalue weighted by molar-refractivity contribution is 14.0. The van der Waals surface area contributed by atoms with E-state index in [0.717, 1.165) is 0 Å². The fourth-order valence-electron chi connectivity index (χ4n) is 0.978. The first-order valence-corrected chi connectivity index (χ1v) is 4.07. The normalized spacial score (nSPS) is 9.38. The molecular weight excluding hydrogens is 305 g/mol. The van der Waals surface area contributed by atoms with Gasteiger partial charge in [-0.3, -0.25) is 0 Å². The Hall–Kier alpha value is -0.310. The second kappa shape index (κ2) is 5.43. The molecule has 13 heavy (non-hydrogen) atoms. The lowest BCUT2D eigenvalue weighted by Gasteiger charge is -1.98. The first kappa shape index (κ1) is 12.7. The van der Waals surface area contributed by atoms with Crippen LogP contribution in [-0.2, 0) is 6.54 Å². The Balaban J connectivity index is 0.00000144. The highest BCUT2D eigenvalue weighted by Crippen LogP contribution is 2.12. The van der Waals surface area contributed by atoms with Crippen molar-refractivity contribution in [3.63, 3.8) is 0 Å². The van der Waals surface area contributed by atoms with E-state index in [1.54, 1.807) is 6.92 Å². The van der Waals surface area contributed by atoms with Gasteiger partial charge in [0.25, 0.3) is 0 Å². The lowest BCUT2D eigenvalue weighted by atomic mass is 10.6. The number of aromatic nitrogens is 2. The van der Waals surface area contributed by atoms with E-state index in [0.29, 0.717) is 18.1 Å². The maximum Gasteiger partial charge on any atom is 0.342 e. The van der Waals surface area contributed by atoms with Crippen LogP contribution < -0.4 is 0 Å². The van der Waals surface area contributed by atoms with Gasteiger partial charge in [0.2, 0.25) is 0 Å². The first-order valence-electron chi connectivity index (χ1n) is 3.44. The topological polar surface area (TPSA) is 61.0 Å². The van der Waals surface area contributed by atoms with Gasteiger partial charge in [0.1, 0.15) is 12.7 Å². The number of nitro groups is 1. The Kier molecular flexibility index (Phi) is 5.30. The zero-order chi connectivity index (χ0) is 9.14. The third-order valence-corrected chi connectivity index (χ3v) is 1.74. The number of thiol groups is 1. The van der Waals surface area contributed by atoms with Gasteiger partial charge in [-0.2, -0.15) is 12.6 Å². The van der Waals surface area contributed by atoms with Gasteiger partial charge >= 0.3 is 5.82 Å². The Morgan fingerprint density at radius 3 is 2.85 bits per heavy atom. The van der Waals surface area contributed by atoms with Crippen molar-refractivity contribution < 1.29 is 4.92 Å². The lowest BCUT2D eigenvalue weighted by Crippen LogP contribution is -2.05. The van der Waals surface area contributed by atoms with E-state index in [1.165, 1.54) is 10.8 Å². The van der Waals surface area contributed by atoms with Gasteiger partial charge in [-0.25, -0.2) is 9.55 Å². The Morgan fingerprint density at radius 1 is 1.77 bits per heavy atom. The highest BCUT2D eigenvalue weighted by atomic mass is 127. The number of nitrogens with zero attached hydrogens (tertiary/aromatic N) is 3. The predicted octanol–water partition coefficient (Wildman–Crippen LogP) is 1.65. The molecule has 5 nitrogen and oxygen atoms in total. The summed E-state index contributed by atoms with van der Waals surface area (Å²) in [7, 11) is 0. The van der Waals surface area contributed by atoms with Crippen LogP contribution in [0.2, 0.25) is 0 Å². The third kappa shape index (κ3) is 2.83. The van der Waals surface area contributed by atoms with Gasteiger partial charge < -0.3 is 10.1 Å². The summed E-state index contributed by atoms with van der Waals surface area (Å²) in [6, 6.07) is 0. The monoisotopic (exact) mass is 315 g/mol. The van der Waals surface area contributed by atoms with E-state index in [9.17, 15) is 10.1 Å². The van der Waals surface area contributed by atoms with Crippen LogP contribution in [0, 0.1) is 17.0 Å². The van der Waals surface area contributed by atoms with Gasteiger partial charge in [-0.05, 0) is 4.92 Å². The van der Waals surface area contributed by atoms with Crippen LogP contribution >= 0.6 is 36.6 Å². The summed E-state index contributed by atoms with van der Waals surface area (Å²) < 4.78 is 1.53. The summed E-state index contributed by atoms with van der Waals surface area (Å²) in [5.41, 5.74) is 0. The number of hydrogen-bond donors (Lipinski definition) is 1. The first-order chi connectivity index (χ1) is 5.66. The third-order valence-electron chi connectivity index (χ3n) is 1.54. The second-order valence-electron chi connectivity index (χ2n) is 2.30. The molecule has 0 saturated heterocycles. The lowest BCUT2D eigenvalue weighted by molar-refractivity contribution is -0.392. The summed E-state index contributed by atoms with van der Waals surface area (Å²) in [5.74, 6) is 1.25. The van der Waals surface area contributed by atoms with Gasteiger partial charge in [0.15, 0.2) is 5.82 Å². The van der Waals surface area contributed by atoms with Gasteiger partial charge in [-0.15, -0.1) is 24.0 Å². The number of halogens is 1. The molecule has 0 N–H and O–H groups in total. The molecule has 1 aromatic rings. The second-order valence-corrected chi connectivity index (χ2v) is 2.74. The Labute approximate surface area is 98.1 Å². The fourth-order valence-corrected chi connectivity index (χ4v) is 1.18. The molecule has 0 spiro atoms. The van der Waals surface area contributed by atoms with E-state index in [-0.39, 0.29) is 29.8 Å². The van der Waals surface area contributed by atoms with Crippen molar-refractivity contribution in [2.24, 2.45) is 0 Å².